The third kappa shape index (κ3) is 2.61. The Morgan fingerprint density at radius 1 is 1.14 bits per heavy atom. The summed E-state index contributed by atoms with van der Waals surface area (Å²) in [5, 5.41) is 0. The van der Waals surface area contributed by atoms with Crippen LogP contribution < -0.4 is 21.1 Å². The van der Waals surface area contributed by atoms with Crippen molar-refractivity contribution in [3.8, 4) is 22.8 Å². The topological polar surface area (TPSA) is 88.3 Å². The van der Waals surface area contributed by atoms with Gasteiger partial charge in [0.05, 0.1) is 14.2 Å². The summed E-state index contributed by atoms with van der Waals surface area (Å²) in [5.74, 6) is 8.52. The molecule has 4 N–H and O–H groups in total. The lowest BCUT2D eigenvalue weighted by Gasteiger charge is -2.17. The zero-order chi connectivity index (χ0) is 15.8. The van der Waals surface area contributed by atoms with Gasteiger partial charge in [-0.25, -0.2) is 9.66 Å². The molecular formula is C15H22N4O2. The highest BCUT2D eigenvalue weighted by Crippen LogP contribution is 2.37. The Labute approximate surface area is 124 Å². The van der Waals surface area contributed by atoms with E-state index >= 15 is 0 Å². The standard InChI is InChI=1S/C15H22N4O2/c1-15(2,3)14-18-12(13(16)19(14)17)10-8-9(20-4)6-7-11(10)21-5/h6-8H,16-17H2,1-5H3. The average Bonchev–Trinajstić information content (AvgIpc) is 2.74. The first-order valence-corrected chi connectivity index (χ1v) is 6.65. The van der Waals surface area contributed by atoms with Gasteiger partial charge in [-0.1, -0.05) is 20.8 Å². The first-order valence-electron chi connectivity index (χ1n) is 6.65. The van der Waals surface area contributed by atoms with E-state index in [1.54, 1.807) is 14.2 Å². The summed E-state index contributed by atoms with van der Waals surface area (Å²) in [4.78, 5) is 4.61. The Hall–Kier alpha value is -2.37. The number of nitrogen functional groups attached to an aromatic ring is 2. The summed E-state index contributed by atoms with van der Waals surface area (Å²) in [6, 6.07) is 5.48. The summed E-state index contributed by atoms with van der Waals surface area (Å²) >= 11 is 0. The van der Waals surface area contributed by atoms with Gasteiger partial charge >= 0.3 is 0 Å². The predicted molar refractivity (Wildman–Crippen MR) is 84.0 cm³/mol. The summed E-state index contributed by atoms with van der Waals surface area (Å²) in [5.41, 5.74) is 7.26. The van der Waals surface area contributed by atoms with E-state index in [4.69, 9.17) is 21.1 Å². The number of ether oxygens (including phenoxy) is 2. The molecule has 21 heavy (non-hydrogen) atoms. The lowest BCUT2D eigenvalue weighted by atomic mass is 9.96. The highest BCUT2D eigenvalue weighted by Gasteiger charge is 2.26. The maximum atomic E-state index is 6.13. The molecule has 2 aromatic rings. The van der Waals surface area contributed by atoms with Crippen LogP contribution in [0, 0.1) is 0 Å². The van der Waals surface area contributed by atoms with Gasteiger partial charge in [-0.05, 0) is 18.2 Å². The Bertz CT molecular complexity index is 656. The molecule has 0 amide bonds. The number of nitrogens with zero attached hydrogens (tertiary/aromatic N) is 2. The molecule has 6 heteroatoms. The summed E-state index contributed by atoms with van der Waals surface area (Å²) in [6.45, 7) is 6.10. The fourth-order valence-electron chi connectivity index (χ4n) is 2.17. The van der Waals surface area contributed by atoms with Crippen molar-refractivity contribution in [2.75, 3.05) is 25.8 Å². The molecule has 1 aromatic carbocycles. The van der Waals surface area contributed by atoms with E-state index in [1.165, 1.54) is 4.68 Å². The van der Waals surface area contributed by atoms with Crippen molar-refractivity contribution in [1.82, 2.24) is 9.66 Å². The summed E-state index contributed by atoms with van der Waals surface area (Å²) in [7, 11) is 3.21. The van der Waals surface area contributed by atoms with Crippen molar-refractivity contribution < 1.29 is 9.47 Å². The number of nitrogens with two attached hydrogens (primary N) is 2. The average molecular weight is 290 g/mol. The van der Waals surface area contributed by atoms with Gasteiger partial charge in [-0.3, -0.25) is 0 Å². The normalized spacial score (nSPS) is 11.5. The number of rotatable bonds is 3. The SMILES string of the molecule is COc1ccc(OC)c(-c2nc(C(C)(C)C)n(N)c2N)c1. The predicted octanol–water partition coefficient (Wildman–Crippen LogP) is 2.16. The van der Waals surface area contributed by atoms with E-state index in [2.05, 4.69) is 4.98 Å². The van der Waals surface area contributed by atoms with Crippen molar-refractivity contribution in [3.05, 3.63) is 24.0 Å². The van der Waals surface area contributed by atoms with E-state index in [1.807, 2.05) is 39.0 Å². The van der Waals surface area contributed by atoms with Gasteiger partial charge in [0, 0.05) is 11.0 Å². The Morgan fingerprint density at radius 3 is 2.29 bits per heavy atom. The molecule has 0 radical (unpaired) electrons. The molecule has 0 saturated carbocycles. The monoisotopic (exact) mass is 290 g/mol. The van der Waals surface area contributed by atoms with Crippen LogP contribution in [0.2, 0.25) is 0 Å². The number of anilines is 1. The quantitative estimate of drug-likeness (QED) is 0.846. The van der Waals surface area contributed by atoms with Crippen LogP contribution in [0.25, 0.3) is 11.3 Å². The van der Waals surface area contributed by atoms with Crippen LogP contribution >= 0.6 is 0 Å². The van der Waals surface area contributed by atoms with Gasteiger partial charge in [0.1, 0.15) is 23.0 Å². The van der Waals surface area contributed by atoms with E-state index in [9.17, 15) is 0 Å². The Morgan fingerprint density at radius 2 is 1.81 bits per heavy atom. The van der Waals surface area contributed by atoms with Crippen molar-refractivity contribution >= 4 is 5.82 Å². The third-order valence-electron chi connectivity index (χ3n) is 3.28. The molecule has 0 aliphatic heterocycles. The fourth-order valence-corrected chi connectivity index (χ4v) is 2.17. The third-order valence-corrected chi connectivity index (χ3v) is 3.28. The molecule has 0 fully saturated rings. The minimum atomic E-state index is -0.215. The fraction of sp³-hybridized carbons (Fsp3) is 0.400. The smallest absolute Gasteiger partial charge is 0.151 e. The van der Waals surface area contributed by atoms with Crippen LogP contribution in [0.4, 0.5) is 5.82 Å². The Kier molecular flexibility index (Phi) is 3.72. The molecule has 2 rings (SSSR count). The van der Waals surface area contributed by atoms with Gasteiger partial charge in [-0.15, -0.1) is 0 Å². The highest BCUT2D eigenvalue weighted by atomic mass is 16.5. The maximum absolute atomic E-state index is 6.13. The number of imidazole rings is 1. The van der Waals surface area contributed by atoms with E-state index in [0.717, 1.165) is 5.56 Å². The van der Waals surface area contributed by atoms with Gasteiger partial charge in [0.25, 0.3) is 0 Å². The molecule has 6 nitrogen and oxygen atoms in total. The second kappa shape index (κ2) is 5.20. The van der Waals surface area contributed by atoms with Gasteiger partial charge in [-0.2, -0.15) is 0 Å². The first kappa shape index (κ1) is 15.0. The first-order chi connectivity index (χ1) is 9.79. The molecule has 0 spiro atoms. The minimum Gasteiger partial charge on any atom is -0.497 e. The van der Waals surface area contributed by atoms with Crippen LogP contribution in [-0.4, -0.2) is 23.9 Å². The van der Waals surface area contributed by atoms with Crippen LogP contribution in [-0.2, 0) is 5.41 Å². The van der Waals surface area contributed by atoms with Crippen molar-refractivity contribution in [2.45, 2.75) is 26.2 Å². The van der Waals surface area contributed by atoms with E-state index in [-0.39, 0.29) is 5.41 Å². The molecule has 114 valence electrons. The van der Waals surface area contributed by atoms with Gasteiger partial charge in [0.15, 0.2) is 5.82 Å². The molecule has 1 heterocycles. The summed E-state index contributed by atoms with van der Waals surface area (Å²) in [6.07, 6.45) is 0. The van der Waals surface area contributed by atoms with Gasteiger partial charge in [0.2, 0.25) is 0 Å². The summed E-state index contributed by atoms with van der Waals surface area (Å²) < 4.78 is 12.1. The molecule has 1 aromatic heterocycles. The molecule has 0 unspecified atom stereocenters. The minimum absolute atomic E-state index is 0.215. The second-order valence-corrected chi connectivity index (χ2v) is 5.86. The van der Waals surface area contributed by atoms with Crippen LogP contribution in [0.3, 0.4) is 0 Å². The largest absolute Gasteiger partial charge is 0.497 e. The van der Waals surface area contributed by atoms with Crippen molar-refractivity contribution in [3.63, 3.8) is 0 Å². The van der Waals surface area contributed by atoms with E-state index < -0.39 is 0 Å². The van der Waals surface area contributed by atoms with Crippen LogP contribution in [0.5, 0.6) is 11.5 Å². The lowest BCUT2D eigenvalue weighted by Crippen LogP contribution is -2.24. The molecule has 0 atom stereocenters. The van der Waals surface area contributed by atoms with Crippen molar-refractivity contribution in [2.24, 2.45) is 0 Å². The number of hydrogen-bond donors (Lipinski definition) is 2. The number of hydrogen-bond acceptors (Lipinski definition) is 5. The molecule has 0 bridgehead atoms. The maximum Gasteiger partial charge on any atom is 0.151 e. The van der Waals surface area contributed by atoms with Crippen LogP contribution in [0.15, 0.2) is 18.2 Å². The molecule has 0 saturated heterocycles. The molecular weight excluding hydrogens is 268 g/mol. The van der Waals surface area contributed by atoms with Gasteiger partial charge < -0.3 is 21.1 Å². The molecule has 0 aliphatic rings. The number of aromatic nitrogens is 2. The van der Waals surface area contributed by atoms with Crippen LogP contribution in [0.1, 0.15) is 26.6 Å². The zero-order valence-corrected chi connectivity index (χ0v) is 13.1. The number of methoxy groups -OCH3 is 2. The molecule has 0 aliphatic carbocycles. The number of benzene rings is 1. The highest BCUT2D eigenvalue weighted by molar-refractivity contribution is 5.77. The Balaban J connectivity index is 2.67. The van der Waals surface area contributed by atoms with Crippen molar-refractivity contribution in [1.29, 1.82) is 0 Å². The zero-order valence-electron chi connectivity index (χ0n) is 13.1. The second-order valence-electron chi connectivity index (χ2n) is 5.86. The lowest BCUT2D eigenvalue weighted by molar-refractivity contribution is 0.404. The van der Waals surface area contributed by atoms with E-state index in [0.29, 0.717) is 28.8 Å².